The van der Waals surface area contributed by atoms with Crippen molar-refractivity contribution in [2.75, 3.05) is 37.7 Å². The predicted molar refractivity (Wildman–Crippen MR) is 86.3 cm³/mol. The van der Waals surface area contributed by atoms with E-state index in [1.807, 2.05) is 11.8 Å². The lowest BCUT2D eigenvalue weighted by Gasteiger charge is -2.26. The van der Waals surface area contributed by atoms with E-state index in [-0.39, 0.29) is 16.5 Å². The van der Waals surface area contributed by atoms with Gasteiger partial charge in [-0.25, -0.2) is 13.1 Å². The van der Waals surface area contributed by atoms with Crippen LogP contribution in [-0.2, 0) is 16.6 Å². The maximum Gasteiger partial charge on any atom is 0.242 e. The summed E-state index contributed by atoms with van der Waals surface area (Å²) in [6.45, 7) is 2.81. The molecule has 0 amide bonds. The molecule has 0 radical (unpaired) electrons. The molecular weight excluding hydrogens is 332 g/mol. The molecule has 21 heavy (non-hydrogen) atoms. The number of halogens is 1. The normalized spacial score (nSPS) is 17.0. The van der Waals surface area contributed by atoms with Gasteiger partial charge in [0.25, 0.3) is 0 Å². The van der Waals surface area contributed by atoms with Crippen LogP contribution >= 0.6 is 23.4 Å². The lowest BCUT2D eigenvalue weighted by molar-refractivity contribution is 0.281. The van der Waals surface area contributed by atoms with Crippen molar-refractivity contribution >= 4 is 33.4 Å². The summed E-state index contributed by atoms with van der Waals surface area (Å²) in [6, 6.07) is 4.50. The Morgan fingerprint density at radius 3 is 2.71 bits per heavy atom. The third-order valence-corrected chi connectivity index (χ3v) is 6.18. The average Bonchev–Trinajstić information content (AvgIpc) is 2.48. The first-order chi connectivity index (χ1) is 10.0. The van der Waals surface area contributed by atoms with Crippen molar-refractivity contribution in [1.29, 1.82) is 0 Å². The van der Waals surface area contributed by atoms with Crippen molar-refractivity contribution in [1.82, 2.24) is 9.62 Å². The predicted octanol–water partition coefficient (Wildman–Crippen LogP) is 1.16. The SMILES string of the molecule is O=S(=O)(NCCN1CCSCC1)c1cc(CO)ccc1Cl. The molecule has 1 aromatic carbocycles. The first-order valence-corrected chi connectivity index (χ1v) is 9.73. The van der Waals surface area contributed by atoms with Crippen molar-refractivity contribution in [3.63, 3.8) is 0 Å². The van der Waals surface area contributed by atoms with E-state index in [2.05, 4.69) is 9.62 Å². The molecule has 1 fully saturated rings. The molecule has 0 atom stereocenters. The molecule has 1 aliphatic rings. The molecule has 1 aliphatic heterocycles. The Morgan fingerprint density at radius 1 is 1.33 bits per heavy atom. The zero-order chi connectivity index (χ0) is 15.3. The van der Waals surface area contributed by atoms with Crippen molar-refractivity contribution in [2.24, 2.45) is 0 Å². The van der Waals surface area contributed by atoms with E-state index in [0.29, 0.717) is 18.7 Å². The number of thioether (sulfide) groups is 1. The standard InChI is InChI=1S/C13H19ClN2O3S2/c14-12-2-1-11(10-17)9-13(12)21(18,19)15-3-4-16-5-7-20-8-6-16/h1-2,9,15,17H,3-8,10H2. The van der Waals surface area contributed by atoms with Crippen LogP contribution in [0.15, 0.2) is 23.1 Å². The number of hydrogen-bond donors (Lipinski definition) is 2. The van der Waals surface area contributed by atoms with Crippen LogP contribution in [0.25, 0.3) is 0 Å². The van der Waals surface area contributed by atoms with Crippen LogP contribution in [0.2, 0.25) is 5.02 Å². The summed E-state index contributed by atoms with van der Waals surface area (Å²) in [5.41, 5.74) is 0.521. The number of hydrogen-bond acceptors (Lipinski definition) is 5. The minimum atomic E-state index is -3.65. The third kappa shape index (κ3) is 4.84. The van der Waals surface area contributed by atoms with Gasteiger partial charge in [0.05, 0.1) is 11.6 Å². The molecule has 0 aromatic heterocycles. The highest BCUT2D eigenvalue weighted by atomic mass is 35.5. The quantitative estimate of drug-likeness (QED) is 0.805. The Morgan fingerprint density at radius 2 is 2.05 bits per heavy atom. The molecule has 118 valence electrons. The second-order valence-corrected chi connectivity index (χ2v) is 8.14. The second kappa shape index (κ2) is 7.80. The lowest BCUT2D eigenvalue weighted by atomic mass is 10.2. The number of aliphatic hydroxyl groups is 1. The van der Waals surface area contributed by atoms with Gasteiger partial charge in [-0.2, -0.15) is 11.8 Å². The highest BCUT2D eigenvalue weighted by molar-refractivity contribution is 7.99. The molecular formula is C13H19ClN2O3S2. The van der Waals surface area contributed by atoms with Gasteiger partial charge in [0, 0.05) is 37.7 Å². The molecule has 0 bridgehead atoms. The highest BCUT2D eigenvalue weighted by Gasteiger charge is 2.19. The minimum absolute atomic E-state index is 0.0184. The van der Waals surface area contributed by atoms with Gasteiger partial charge in [0.15, 0.2) is 0 Å². The summed E-state index contributed by atoms with van der Waals surface area (Å²) in [4.78, 5) is 2.26. The molecule has 2 rings (SSSR count). The number of sulfonamides is 1. The molecule has 1 saturated heterocycles. The fraction of sp³-hybridized carbons (Fsp3) is 0.538. The third-order valence-electron chi connectivity index (χ3n) is 3.29. The maximum absolute atomic E-state index is 12.3. The van der Waals surface area contributed by atoms with E-state index >= 15 is 0 Å². The molecule has 8 heteroatoms. The molecule has 1 aromatic rings. The van der Waals surface area contributed by atoms with Gasteiger partial charge >= 0.3 is 0 Å². The van der Waals surface area contributed by atoms with Crippen molar-refractivity contribution < 1.29 is 13.5 Å². The van der Waals surface area contributed by atoms with Crippen molar-refractivity contribution in [2.45, 2.75) is 11.5 Å². The first-order valence-electron chi connectivity index (χ1n) is 6.72. The lowest BCUT2D eigenvalue weighted by Crippen LogP contribution is -2.39. The summed E-state index contributed by atoms with van der Waals surface area (Å²) in [7, 11) is -3.65. The van der Waals surface area contributed by atoms with Crippen LogP contribution in [0.4, 0.5) is 0 Å². The molecule has 2 N–H and O–H groups in total. The molecule has 0 aliphatic carbocycles. The van der Waals surface area contributed by atoms with E-state index in [0.717, 1.165) is 24.6 Å². The van der Waals surface area contributed by atoms with Crippen LogP contribution in [0, 0.1) is 0 Å². The van der Waals surface area contributed by atoms with Gasteiger partial charge in [-0.05, 0) is 17.7 Å². The van der Waals surface area contributed by atoms with E-state index in [1.165, 1.54) is 12.1 Å². The van der Waals surface area contributed by atoms with Crippen LogP contribution in [0.3, 0.4) is 0 Å². The Bertz CT molecular complexity index is 575. The van der Waals surface area contributed by atoms with Crippen LogP contribution in [0.1, 0.15) is 5.56 Å². The van der Waals surface area contributed by atoms with Crippen molar-refractivity contribution in [3.05, 3.63) is 28.8 Å². The van der Waals surface area contributed by atoms with Gasteiger partial charge in [0.2, 0.25) is 10.0 Å². The fourth-order valence-corrected chi connectivity index (χ4v) is 4.64. The van der Waals surface area contributed by atoms with Crippen molar-refractivity contribution in [3.8, 4) is 0 Å². The first kappa shape index (κ1) is 17.1. The largest absolute Gasteiger partial charge is 0.392 e. The average molecular weight is 351 g/mol. The molecule has 0 unspecified atom stereocenters. The second-order valence-electron chi connectivity index (χ2n) is 4.77. The van der Waals surface area contributed by atoms with Gasteiger partial charge in [-0.1, -0.05) is 17.7 Å². The van der Waals surface area contributed by atoms with Crippen LogP contribution in [-0.4, -0.2) is 56.1 Å². The zero-order valence-electron chi connectivity index (χ0n) is 11.6. The van der Waals surface area contributed by atoms with E-state index in [1.54, 1.807) is 6.07 Å². The number of nitrogens with one attached hydrogen (secondary N) is 1. The summed E-state index contributed by atoms with van der Waals surface area (Å²) >= 11 is 7.87. The summed E-state index contributed by atoms with van der Waals surface area (Å²) in [5, 5.41) is 9.26. The summed E-state index contributed by atoms with van der Waals surface area (Å²) in [6.07, 6.45) is 0. The number of nitrogens with zero attached hydrogens (tertiary/aromatic N) is 1. The monoisotopic (exact) mass is 350 g/mol. The van der Waals surface area contributed by atoms with Gasteiger partial charge < -0.3 is 10.0 Å². The molecule has 0 spiro atoms. The number of rotatable bonds is 6. The van der Waals surface area contributed by atoms with Crippen LogP contribution in [0.5, 0.6) is 0 Å². The van der Waals surface area contributed by atoms with Gasteiger partial charge in [-0.3, -0.25) is 0 Å². The maximum atomic E-state index is 12.3. The molecule has 1 heterocycles. The number of aliphatic hydroxyl groups excluding tert-OH is 1. The minimum Gasteiger partial charge on any atom is -0.392 e. The Balaban J connectivity index is 1.97. The molecule has 5 nitrogen and oxygen atoms in total. The Kier molecular flexibility index (Phi) is 6.34. The Labute approximate surface area is 134 Å². The smallest absolute Gasteiger partial charge is 0.242 e. The van der Waals surface area contributed by atoms with Gasteiger partial charge in [-0.15, -0.1) is 0 Å². The molecule has 0 saturated carbocycles. The number of benzene rings is 1. The van der Waals surface area contributed by atoms with E-state index < -0.39 is 10.0 Å². The summed E-state index contributed by atoms with van der Waals surface area (Å²) in [5.74, 6) is 2.19. The fourth-order valence-electron chi connectivity index (χ4n) is 2.09. The van der Waals surface area contributed by atoms with E-state index in [4.69, 9.17) is 16.7 Å². The van der Waals surface area contributed by atoms with Crippen LogP contribution < -0.4 is 4.72 Å². The Hall–Kier alpha value is -0.310. The topological polar surface area (TPSA) is 69.6 Å². The zero-order valence-corrected chi connectivity index (χ0v) is 14.0. The van der Waals surface area contributed by atoms with Gasteiger partial charge in [0.1, 0.15) is 4.90 Å². The highest BCUT2D eigenvalue weighted by Crippen LogP contribution is 2.22. The summed E-state index contributed by atoms with van der Waals surface area (Å²) < 4.78 is 27.1. The van der Waals surface area contributed by atoms with E-state index in [9.17, 15) is 8.42 Å².